The second-order valence-electron chi connectivity index (χ2n) is 5.76. The van der Waals surface area contributed by atoms with E-state index in [0.29, 0.717) is 42.3 Å². The van der Waals surface area contributed by atoms with Crippen LogP contribution in [-0.4, -0.2) is 40.5 Å². The topological polar surface area (TPSA) is 87.0 Å². The Morgan fingerprint density at radius 2 is 2.35 bits per heavy atom. The number of halogens is 2. The zero-order chi connectivity index (χ0) is 16.4. The van der Waals surface area contributed by atoms with Gasteiger partial charge in [0.25, 0.3) is 6.43 Å². The van der Waals surface area contributed by atoms with Gasteiger partial charge in [-0.15, -0.1) is 0 Å². The summed E-state index contributed by atoms with van der Waals surface area (Å²) >= 11 is 0. The van der Waals surface area contributed by atoms with E-state index in [9.17, 15) is 13.6 Å². The molecule has 1 aromatic heterocycles. The first kappa shape index (κ1) is 15.7. The Morgan fingerprint density at radius 1 is 1.52 bits per heavy atom. The van der Waals surface area contributed by atoms with Gasteiger partial charge in [0, 0.05) is 18.8 Å². The maximum Gasteiger partial charge on any atom is 0.321 e. The zero-order valence-electron chi connectivity index (χ0n) is 12.6. The number of amides is 2. The second kappa shape index (κ2) is 6.49. The standard InChI is InChI=1S/C15H19F2N5O/c16-13(17)14-20-11-2-1-10(7-12(11)21-14)19-15(23)22-6-4-9(8-22)3-5-18/h1-2,7,9,13H,3-6,8,18H2,(H,19,23)(H,20,21). The summed E-state index contributed by atoms with van der Waals surface area (Å²) in [6, 6.07) is 4.69. The molecule has 1 atom stereocenters. The normalized spacial score (nSPS) is 18.1. The molecular formula is C15H19F2N5O. The number of aromatic nitrogens is 2. The molecule has 0 spiro atoms. The maximum absolute atomic E-state index is 12.6. The number of anilines is 1. The van der Waals surface area contributed by atoms with E-state index in [2.05, 4.69) is 15.3 Å². The molecule has 1 saturated heterocycles. The van der Waals surface area contributed by atoms with Gasteiger partial charge in [0.2, 0.25) is 0 Å². The number of nitrogens with zero attached hydrogens (tertiary/aromatic N) is 2. The molecular weight excluding hydrogens is 304 g/mol. The third kappa shape index (κ3) is 3.42. The van der Waals surface area contributed by atoms with Gasteiger partial charge in [-0.3, -0.25) is 0 Å². The number of imidazole rings is 1. The molecule has 3 rings (SSSR count). The van der Waals surface area contributed by atoms with Crippen LogP contribution in [0.2, 0.25) is 0 Å². The van der Waals surface area contributed by atoms with Crippen molar-refractivity contribution in [2.24, 2.45) is 11.7 Å². The first-order valence-electron chi connectivity index (χ1n) is 7.60. The fourth-order valence-electron chi connectivity index (χ4n) is 2.90. The highest BCUT2D eigenvalue weighted by Crippen LogP contribution is 2.23. The number of nitrogens with one attached hydrogen (secondary N) is 2. The number of nitrogens with two attached hydrogens (primary N) is 1. The monoisotopic (exact) mass is 323 g/mol. The van der Waals surface area contributed by atoms with Crippen LogP contribution in [-0.2, 0) is 0 Å². The highest BCUT2D eigenvalue weighted by atomic mass is 19.3. The molecule has 6 nitrogen and oxygen atoms in total. The van der Waals surface area contributed by atoms with Crippen LogP contribution in [0.5, 0.6) is 0 Å². The SMILES string of the molecule is NCCC1CCN(C(=O)Nc2ccc3nc(C(F)F)[nH]c3c2)C1. The number of carbonyl (C=O) groups is 1. The van der Waals surface area contributed by atoms with Crippen molar-refractivity contribution in [3.05, 3.63) is 24.0 Å². The van der Waals surface area contributed by atoms with Crippen LogP contribution in [0, 0.1) is 5.92 Å². The Morgan fingerprint density at radius 3 is 3.09 bits per heavy atom. The van der Waals surface area contributed by atoms with Gasteiger partial charge in [-0.1, -0.05) is 0 Å². The van der Waals surface area contributed by atoms with E-state index in [0.717, 1.165) is 12.8 Å². The smallest absolute Gasteiger partial charge is 0.321 e. The quantitative estimate of drug-likeness (QED) is 0.808. The molecule has 2 amide bonds. The molecule has 1 aliphatic rings. The first-order valence-corrected chi connectivity index (χ1v) is 7.60. The fraction of sp³-hybridized carbons (Fsp3) is 0.467. The second-order valence-corrected chi connectivity index (χ2v) is 5.76. The van der Waals surface area contributed by atoms with E-state index in [1.54, 1.807) is 23.1 Å². The maximum atomic E-state index is 12.6. The number of rotatable bonds is 4. The summed E-state index contributed by atoms with van der Waals surface area (Å²) in [5, 5.41) is 2.80. The molecule has 2 aromatic rings. The van der Waals surface area contributed by atoms with Crippen molar-refractivity contribution in [3.8, 4) is 0 Å². The number of urea groups is 1. The summed E-state index contributed by atoms with van der Waals surface area (Å²) in [7, 11) is 0. The summed E-state index contributed by atoms with van der Waals surface area (Å²) in [6.45, 7) is 2.03. The van der Waals surface area contributed by atoms with Gasteiger partial charge < -0.3 is 20.9 Å². The Labute approximate surface area is 132 Å². The Hall–Kier alpha value is -2.22. The van der Waals surface area contributed by atoms with Crippen molar-refractivity contribution in [2.45, 2.75) is 19.3 Å². The molecule has 124 valence electrons. The predicted molar refractivity (Wildman–Crippen MR) is 83.4 cm³/mol. The van der Waals surface area contributed by atoms with Crippen LogP contribution in [0.1, 0.15) is 25.1 Å². The predicted octanol–water partition coefficient (Wildman–Crippen LogP) is 2.70. The van der Waals surface area contributed by atoms with Crippen LogP contribution in [0.3, 0.4) is 0 Å². The average molecular weight is 323 g/mol. The van der Waals surface area contributed by atoms with E-state index in [4.69, 9.17) is 5.73 Å². The van der Waals surface area contributed by atoms with E-state index in [-0.39, 0.29) is 11.9 Å². The zero-order valence-corrected chi connectivity index (χ0v) is 12.6. The van der Waals surface area contributed by atoms with Crippen molar-refractivity contribution < 1.29 is 13.6 Å². The molecule has 1 fully saturated rings. The van der Waals surface area contributed by atoms with Crippen LogP contribution in [0.15, 0.2) is 18.2 Å². The lowest BCUT2D eigenvalue weighted by Crippen LogP contribution is -2.33. The number of H-pyrrole nitrogens is 1. The van der Waals surface area contributed by atoms with Gasteiger partial charge in [-0.25, -0.2) is 18.6 Å². The van der Waals surface area contributed by atoms with Crippen molar-refractivity contribution in [1.82, 2.24) is 14.9 Å². The van der Waals surface area contributed by atoms with Crippen LogP contribution in [0.4, 0.5) is 19.3 Å². The summed E-state index contributed by atoms with van der Waals surface area (Å²) in [5.41, 5.74) is 7.02. The summed E-state index contributed by atoms with van der Waals surface area (Å²) in [4.78, 5) is 20.4. The van der Waals surface area contributed by atoms with E-state index in [1.165, 1.54) is 0 Å². The third-order valence-corrected chi connectivity index (χ3v) is 4.11. The summed E-state index contributed by atoms with van der Waals surface area (Å²) in [6.07, 6.45) is -0.771. The van der Waals surface area contributed by atoms with Crippen molar-refractivity contribution >= 4 is 22.8 Å². The number of carbonyl (C=O) groups excluding carboxylic acids is 1. The first-order chi connectivity index (χ1) is 11.1. The van der Waals surface area contributed by atoms with Crippen molar-refractivity contribution in [2.75, 3.05) is 25.0 Å². The summed E-state index contributed by atoms with van der Waals surface area (Å²) < 4.78 is 25.3. The number of hydrogen-bond acceptors (Lipinski definition) is 3. The lowest BCUT2D eigenvalue weighted by molar-refractivity contribution is 0.142. The molecule has 2 heterocycles. The molecule has 1 aromatic carbocycles. The highest BCUT2D eigenvalue weighted by Gasteiger charge is 2.25. The Kier molecular flexibility index (Phi) is 4.42. The van der Waals surface area contributed by atoms with E-state index >= 15 is 0 Å². The van der Waals surface area contributed by atoms with Gasteiger partial charge in [0.05, 0.1) is 11.0 Å². The summed E-state index contributed by atoms with van der Waals surface area (Å²) in [5.74, 6) is 0.0853. The molecule has 0 aliphatic carbocycles. The number of likely N-dealkylation sites (tertiary alicyclic amines) is 1. The number of benzene rings is 1. The molecule has 4 N–H and O–H groups in total. The van der Waals surface area contributed by atoms with Crippen molar-refractivity contribution in [1.29, 1.82) is 0 Å². The van der Waals surface area contributed by atoms with Crippen molar-refractivity contribution in [3.63, 3.8) is 0 Å². The van der Waals surface area contributed by atoms with Gasteiger partial charge in [-0.05, 0) is 43.5 Å². The average Bonchev–Trinajstić information content (AvgIpc) is 3.13. The molecule has 23 heavy (non-hydrogen) atoms. The molecule has 1 unspecified atom stereocenters. The highest BCUT2D eigenvalue weighted by molar-refractivity contribution is 5.92. The number of fused-ring (bicyclic) bond motifs is 1. The number of alkyl halides is 2. The Balaban J connectivity index is 1.68. The van der Waals surface area contributed by atoms with Gasteiger partial charge >= 0.3 is 6.03 Å². The largest absolute Gasteiger partial charge is 0.337 e. The minimum Gasteiger partial charge on any atom is -0.337 e. The minimum absolute atomic E-state index is 0.183. The molecule has 1 aliphatic heterocycles. The lowest BCUT2D eigenvalue weighted by Gasteiger charge is -2.17. The molecule has 0 bridgehead atoms. The Bertz CT molecular complexity index is 702. The number of aromatic amines is 1. The fourth-order valence-corrected chi connectivity index (χ4v) is 2.90. The van der Waals surface area contributed by atoms with Gasteiger partial charge in [0.1, 0.15) is 0 Å². The van der Waals surface area contributed by atoms with E-state index in [1.807, 2.05) is 0 Å². The van der Waals surface area contributed by atoms with Gasteiger partial charge in [0.15, 0.2) is 5.82 Å². The van der Waals surface area contributed by atoms with Crippen LogP contribution >= 0.6 is 0 Å². The number of hydrogen-bond donors (Lipinski definition) is 3. The molecule has 8 heteroatoms. The van der Waals surface area contributed by atoms with Gasteiger partial charge in [-0.2, -0.15) is 0 Å². The van der Waals surface area contributed by atoms with Crippen LogP contribution < -0.4 is 11.1 Å². The molecule has 0 radical (unpaired) electrons. The van der Waals surface area contributed by atoms with E-state index < -0.39 is 6.43 Å². The lowest BCUT2D eigenvalue weighted by atomic mass is 10.1. The minimum atomic E-state index is -2.65. The molecule has 0 saturated carbocycles. The van der Waals surface area contributed by atoms with Crippen LogP contribution in [0.25, 0.3) is 11.0 Å². The third-order valence-electron chi connectivity index (χ3n) is 4.11.